The molecule has 0 aliphatic carbocycles. The minimum absolute atomic E-state index is 0.112. The van der Waals surface area contributed by atoms with E-state index in [1.807, 2.05) is 11.1 Å². The van der Waals surface area contributed by atoms with Crippen LogP contribution in [-0.4, -0.2) is 46.5 Å². The Morgan fingerprint density at radius 2 is 1.71 bits per heavy atom. The Morgan fingerprint density at radius 1 is 1.00 bits per heavy atom. The van der Waals surface area contributed by atoms with Crippen molar-refractivity contribution in [3.05, 3.63) is 82.4 Å². The summed E-state index contributed by atoms with van der Waals surface area (Å²) in [5.74, 6) is 1.23. The summed E-state index contributed by atoms with van der Waals surface area (Å²) in [6, 6.07) is 12.0. The summed E-state index contributed by atoms with van der Waals surface area (Å²) in [5, 5.41) is 0. The molecule has 0 saturated carbocycles. The average molecular weight is 483 g/mol. The molecule has 0 bridgehead atoms. The number of hydrogen-bond acceptors (Lipinski definition) is 3. The Labute approximate surface area is 203 Å². The van der Waals surface area contributed by atoms with Gasteiger partial charge in [0.05, 0.1) is 5.56 Å². The topological polar surface area (TPSA) is 41.4 Å². The van der Waals surface area contributed by atoms with E-state index < -0.39 is 11.7 Å². The highest BCUT2D eigenvalue weighted by molar-refractivity contribution is 5.92. The van der Waals surface area contributed by atoms with Gasteiger partial charge in [-0.25, -0.2) is 4.98 Å². The molecule has 1 saturated heterocycles. The number of aryl methyl sites for hydroxylation is 3. The van der Waals surface area contributed by atoms with Crippen LogP contribution in [0.25, 0.3) is 0 Å². The number of amides is 1. The van der Waals surface area contributed by atoms with Crippen LogP contribution < -0.4 is 4.90 Å². The molecular weight excluding hydrogens is 453 g/mol. The Hall–Kier alpha value is -3.29. The summed E-state index contributed by atoms with van der Waals surface area (Å²) >= 11 is 0. The van der Waals surface area contributed by atoms with Crippen molar-refractivity contribution in [3.63, 3.8) is 0 Å². The van der Waals surface area contributed by atoms with E-state index in [2.05, 4.69) is 41.6 Å². The normalized spacial score (nSPS) is 18.5. The summed E-state index contributed by atoms with van der Waals surface area (Å²) in [7, 11) is 0. The molecule has 1 atom stereocenters. The molecule has 1 amide bonds. The van der Waals surface area contributed by atoms with E-state index in [1.165, 1.54) is 28.8 Å². The van der Waals surface area contributed by atoms with Gasteiger partial charge in [-0.05, 0) is 44.0 Å². The zero-order valence-corrected chi connectivity index (χ0v) is 20.0. The Bertz CT molecular complexity index is 1220. The zero-order chi connectivity index (χ0) is 24.7. The maximum Gasteiger partial charge on any atom is 0.416 e. The fourth-order valence-corrected chi connectivity index (χ4v) is 5.27. The number of fused-ring (bicyclic) bond motifs is 1. The molecule has 1 aromatic heterocycles. The van der Waals surface area contributed by atoms with Crippen LogP contribution in [0, 0.1) is 13.8 Å². The molecule has 2 aliphatic rings. The number of anilines is 1. The summed E-state index contributed by atoms with van der Waals surface area (Å²) in [4.78, 5) is 21.5. The number of carbonyl (C=O) groups excluding carboxylic acids is 1. The third-order valence-corrected chi connectivity index (χ3v) is 7.03. The van der Waals surface area contributed by atoms with Gasteiger partial charge in [-0.2, -0.15) is 13.2 Å². The molecule has 2 aromatic carbocycles. The minimum Gasteiger partial charge on any atom is -0.368 e. The number of halogens is 3. The van der Waals surface area contributed by atoms with Crippen molar-refractivity contribution in [2.45, 2.75) is 45.3 Å². The highest BCUT2D eigenvalue weighted by Crippen LogP contribution is 2.32. The molecule has 0 N–H and O–H groups in total. The van der Waals surface area contributed by atoms with Gasteiger partial charge in [-0.3, -0.25) is 4.79 Å². The first-order valence-electron chi connectivity index (χ1n) is 12.0. The van der Waals surface area contributed by atoms with Gasteiger partial charge in [0.1, 0.15) is 11.5 Å². The highest BCUT2D eigenvalue weighted by atomic mass is 19.4. The van der Waals surface area contributed by atoms with E-state index in [4.69, 9.17) is 0 Å². The van der Waals surface area contributed by atoms with Crippen LogP contribution in [0.1, 0.15) is 50.9 Å². The SMILES string of the molecule is Cc1cc(C)cc(C2CCc3nc(C(=O)N4CCN(c5cccc(C(F)(F)F)c5)CC4)cn3C2)c1. The van der Waals surface area contributed by atoms with Gasteiger partial charge in [-0.15, -0.1) is 0 Å². The fraction of sp³-hybridized carbons (Fsp3) is 0.407. The predicted octanol–water partition coefficient (Wildman–Crippen LogP) is 5.21. The van der Waals surface area contributed by atoms with Crippen molar-refractivity contribution >= 4 is 11.6 Å². The van der Waals surface area contributed by atoms with Gasteiger partial charge < -0.3 is 14.4 Å². The number of aromatic nitrogens is 2. The Balaban J connectivity index is 1.24. The zero-order valence-electron chi connectivity index (χ0n) is 20.0. The maximum absolute atomic E-state index is 13.2. The Morgan fingerprint density at radius 3 is 2.40 bits per heavy atom. The summed E-state index contributed by atoms with van der Waals surface area (Å²) in [6.07, 6.45) is -0.672. The monoisotopic (exact) mass is 482 g/mol. The van der Waals surface area contributed by atoms with Gasteiger partial charge in [0.2, 0.25) is 0 Å². The highest BCUT2D eigenvalue weighted by Gasteiger charge is 2.32. The van der Waals surface area contributed by atoms with Crippen LogP contribution in [0.3, 0.4) is 0 Å². The minimum atomic E-state index is -4.37. The van der Waals surface area contributed by atoms with Gasteiger partial charge in [0.25, 0.3) is 5.91 Å². The number of piperazine rings is 1. The second-order valence-corrected chi connectivity index (χ2v) is 9.68. The van der Waals surface area contributed by atoms with Crippen molar-refractivity contribution in [1.29, 1.82) is 0 Å². The van der Waals surface area contributed by atoms with Crippen LogP contribution >= 0.6 is 0 Å². The van der Waals surface area contributed by atoms with Crippen molar-refractivity contribution in [3.8, 4) is 0 Å². The van der Waals surface area contributed by atoms with E-state index in [0.717, 1.165) is 31.3 Å². The van der Waals surface area contributed by atoms with Gasteiger partial charge in [0, 0.05) is 56.9 Å². The van der Waals surface area contributed by atoms with Crippen molar-refractivity contribution in [2.75, 3.05) is 31.1 Å². The molecular formula is C27H29F3N4O. The number of rotatable bonds is 3. The van der Waals surface area contributed by atoms with Crippen LogP contribution in [0.5, 0.6) is 0 Å². The number of alkyl halides is 3. The second-order valence-electron chi connectivity index (χ2n) is 9.68. The average Bonchev–Trinajstić information content (AvgIpc) is 3.26. The number of carbonyl (C=O) groups is 1. The quantitative estimate of drug-likeness (QED) is 0.515. The summed E-state index contributed by atoms with van der Waals surface area (Å²) in [5.41, 5.74) is 4.18. The molecule has 1 fully saturated rings. The van der Waals surface area contributed by atoms with Gasteiger partial charge in [0.15, 0.2) is 0 Å². The molecule has 184 valence electrons. The summed E-state index contributed by atoms with van der Waals surface area (Å²) in [6.45, 7) is 6.90. The van der Waals surface area contributed by atoms with Crippen LogP contribution in [-0.2, 0) is 19.1 Å². The van der Waals surface area contributed by atoms with Gasteiger partial charge >= 0.3 is 6.18 Å². The van der Waals surface area contributed by atoms with Gasteiger partial charge in [-0.1, -0.05) is 35.4 Å². The molecule has 1 unspecified atom stereocenters. The van der Waals surface area contributed by atoms with E-state index in [1.54, 1.807) is 11.0 Å². The van der Waals surface area contributed by atoms with E-state index in [0.29, 0.717) is 43.5 Å². The molecule has 2 aliphatic heterocycles. The molecule has 5 rings (SSSR count). The molecule has 8 heteroatoms. The van der Waals surface area contributed by atoms with E-state index >= 15 is 0 Å². The molecule has 5 nitrogen and oxygen atoms in total. The lowest BCUT2D eigenvalue weighted by Crippen LogP contribution is -2.49. The Kier molecular flexibility index (Phi) is 6.07. The molecule has 3 aromatic rings. The van der Waals surface area contributed by atoms with E-state index in [9.17, 15) is 18.0 Å². The first kappa shape index (κ1) is 23.5. The molecule has 0 spiro atoms. The number of benzene rings is 2. The first-order chi connectivity index (χ1) is 16.7. The fourth-order valence-electron chi connectivity index (χ4n) is 5.27. The van der Waals surface area contributed by atoms with Crippen LogP contribution in [0.15, 0.2) is 48.7 Å². The van der Waals surface area contributed by atoms with E-state index in [-0.39, 0.29) is 5.91 Å². The van der Waals surface area contributed by atoms with Crippen LogP contribution in [0.4, 0.5) is 18.9 Å². The van der Waals surface area contributed by atoms with Crippen LogP contribution in [0.2, 0.25) is 0 Å². The lowest BCUT2D eigenvalue weighted by Gasteiger charge is -2.36. The standard InChI is InChI=1S/C27H29F3N4O/c1-18-12-19(2)14-21(13-18)20-6-7-25-31-24(17-34(25)16-20)26(35)33-10-8-32(9-11-33)23-5-3-4-22(15-23)27(28,29)30/h3-5,12-15,17,20H,6-11,16H2,1-2H3. The van der Waals surface area contributed by atoms with Crippen molar-refractivity contribution in [2.24, 2.45) is 0 Å². The largest absolute Gasteiger partial charge is 0.416 e. The molecule has 35 heavy (non-hydrogen) atoms. The lowest BCUT2D eigenvalue weighted by molar-refractivity contribution is -0.137. The first-order valence-corrected chi connectivity index (χ1v) is 12.0. The smallest absolute Gasteiger partial charge is 0.368 e. The predicted molar refractivity (Wildman–Crippen MR) is 129 cm³/mol. The number of nitrogens with zero attached hydrogens (tertiary/aromatic N) is 4. The third-order valence-electron chi connectivity index (χ3n) is 7.03. The van der Waals surface area contributed by atoms with Crippen molar-refractivity contribution < 1.29 is 18.0 Å². The van der Waals surface area contributed by atoms with Crippen molar-refractivity contribution in [1.82, 2.24) is 14.5 Å². The summed E-state index contributed by atoms with van der Waals surface area (Å²) < 4.78 is 41.3. The maximum atomic E-state index is 13.2. The molecule has 3 heterocycles. The molecule has 0 radical (unpaired) electrons. The number of imidazole rings is 1. The third kappa shape index (κ3) is 4.92. The second kappa shape index (κ2) is 9.06. The number of hydrogen-bond donors (Lipinski definition) is 0. The lowest BCUT2D eigenvalue weighted by atomic mass is 9.89.